The van der Waals surface area contributed by atoms with Crippen molar-refractivity contribution in [3.63, 3.8) is 0 Å². The molecule has 0 unspecified atom stereocenters. The van der Waals surface area contributed by atoms with Gasteiger partial charge >= 0.3 is 5.97 Å². The maximum absolute atomic E-state index is 11.1. The molecule has 0 aliphatic carbocycles. The molecule has 5 atom stereocenters. The Balaban J connectivity index is 2.06. The van der Waals surface area contributed by atoms with Crippen molar-refractivity contribution < 1.29 is 19.4 Å². The fraction of sp³-hybridized carbons (Fsp3) is 0.727. The average Bonchev–Trinajstić information content (AvgIpc) is 2.55. The van der Waals surface area contributed by atoms with Gasteiger partial charge in [0, 0.05) is 12.3 Å². The molecule has 0 spiro atoms. The third-order valence-corrected chi connectivity index (χ3v) is 3.14. The van der Waals surface area contributed by atoms with E-state index < -0.39 is 6.10 Å². The number of rotatable bonds is 2. The van der Waals surface area contributed by atoms with Gasteiger partial charge < -0.3 is 14.6 Å². The molecule has 2 rings (SSSR count). The molecule has 15 heavy (non-hydrogen) atoms. The molecule has 0 aromatic heterocycles. The van der Waals surface area contributed by atoms with E-state index in [1.54, 1.807) is 6.08 Å². The zero-order chi connectivity index (χ0) is 11.0. The van der Waals surface area contributed by atoms with E-state index >= 15 is 0 Å². The van der Waals surface area contributed by atoms with Crippen LogP contribution in [-0.2, 0) is 14.3 Å². The number of fused-ring (bicyclic) bond motifs is 1. The van der Waals surface area contributed by atoms with Crippen LogP contribution < -0.4 is 0 Å². The second-order valence-electron chi connectivity index (χ2n) is 4.27. The molecule has 1 N–H and O–H groups in total. The third-order valence-electron chi connectivity index (χ3n) is 3.14. The van der Waals surface area contributed by atoms with Crippen LogP contribution in [0.2, 0.25) is 0 Å². The first kappa shape index (κ1) is 10.6. The number of esters is 1. The minimum Gasteiger partial charge on any atom is -0.459 e. The molecular weight excluding hydrogens is 196 g/mol. The molecule has 0 radical (unpaired) electrons. The van der Waals surface area contributed by atoms with Crippen molar-refractivity contribution in [2.45, 2.75) is 44.2 Å². The summed E-state index contributed by atoms with van der Waals surface area (Å²) < 4.78 is 10.7. The Morgan fingerprint density at radius 2 is 2.33 bits per heavy atom. The van der Waals surface area contributed by atoms with E-state index in [-0.39, 0.29) is 30.2 Å². The number of carbonyl (C=O) groups is 1. The lowest BCUT2D eigenvalue weighted by Gasteiger charge is -2.36. The van der Waals surface area contributed by atoms with Crippen LogP contribution in [0, 0.1) is 5.92 Å². The van der Waals surface area contributed by atoms with E-state index in [0.29, 0.717) is 12.8 Å². The standard InChI is InChI=1S/C11H16O4/c1-3-6(2)11-7(12)4-8-9(15-11)5-10(13)14-8/h3,6-9,11-12H,1,4-5H2,2H3/t6-,7+,8-,9-,11+/m1/s1. The second-order valence-corrected chi connectivity index (χ2v) is 4.27. The van der Waals surface area contributed by atoms with Gasteiger partial charge in [-0.2, -0.15) is 0 Å². The van der Waals surface area contributed by atoms with E-state index in [9.17, 15) is 9.90 Å². The molecule has 0 bridgehead atoms. The summed E-state index contributed by atoms with van der Waals surface area (Å²) in [5, 5.41) is 9.84. The Kier molecular flexibility index (Phi) is 2.80. The van der Waals surface area contributed by atoms with Gasteiger partial charge in [-0.3, -0.25) is 4.79 Å². The Morgan fingerprint density at radius 3 is 3.00 bits per heavy atom. The Bertz CT molecular complexity index is 276. The first-order chi connectivity index (χ1) is 7.11. The number of hydrogen-bond acceptors (Lipinski definition) is 4. The topological polar surface area (TPSA) is 55.8 Å². The van der Waals surface area contributed by atoms with Gasteiger partial charge in [-0.05, 0) is 0 Å². The quantitative estimate of drug-likeness (QED) is 0.539. The largest absolute Gasteiger partial charge is 0.459 e. The van der Waals surface area contributed by atoms with Crippen molar-refractivity contribution in [3.8, 4) is 0 Å². The monoisotopic (exact) mass is 212 g/mol. The van der Waals surface area contributed by atoms with E-state index in [1.165, 1.54) is 0 Å². The van der Waals surface area contributed by atoms with Gasteiger partial charge in [0.1, 0.15) is 12.2 Å². The summed E-state index contributed by atoms with van der Waals surface area (Å²) in [7, 11) is 0. The molecule has 0 amide bonds. The van der Waals surface area contributed by atoms with Gasteiger partial charge in [-0.15, -0.1) is 6.58 Å². The van der Waals surface area contributed by atoms with Crippen molar-refractivity contribution in [1.29, 1.82) is 0 Å². The molecule has 2 fully saturated rings. The molecule has 4 heteroatoms. The Morgan fingerprint density at radius 1 is 1.60 bits per heavy atom. The van der Waals surface area contributed by atoms with Gasteiger partial charge in [0.05, 0.1) is 18.6 Å². The lowest BCUT2D eigenvalue weighted by Crippen LogP contribution is -2.47. The summed E-state index contributed by atoms with van der Waals surface area (Å²) in [6.45, 7) is 5.62. The highest BCUT2D eigenvalue weighted by molar-refractivity contribution is 5.72. The highest BCUT2D eigenvalue weighted by Crippen LogP contribution is 2.32. The van der Waals surface area contributed by atoms with E-state index in [1.807, 2.05) is 6.92 Å². The Hall–Kier alpha value is -0.870. The van der Waals surface area contributed by atoms with Crippen LogP contribution in [-0.4, -0.2) is 35.5 Å². The van der Waals surface area contributed by atoms with Gasteiger partial charge in [0.25, 0.3) is 0 Å². The van der Waals surface area contributed by atoms with Crippen LogP contribution >= 0.6 is 0 Å². The third kappa shape index (κ3) is 1.92. The molecule has 84 valence electrons. The van der Waals surface area contributed by atoms with Crippen LogP contribution in [0.1, 0.15) is 19.8 Å². The van der Waals surface area contributed by atoms with Gasteiger partial charge in [-0.25, -0.2) is 0 Å². The second kappa shape index (κ2) is 3.94. The van der Waals surface area contributed by atoms with Gasteiger partial charge in [-0.1, -0.05) is 13.0 Å². The molecular formula is C11H16O4. The molecule has 0 saturated carbocycles. The summed E-state index contributed by atoms with van der Waals surface area (Å²) in [5.74, 6) is -0.152. The van der Waals surface area contributed by atoms with E-state index in [4.69, 9.17) is 9.47 Å². The molecule has 4 nitrogen and oxygen atoms in total. The van der Waals surface area contributed by atoms with Crippen LogP contribution in [0.25, 0.3) is 0 Å². The number of aliphatic hydroxyl groups is 1. The lowest BCUT2D eigenvalue weighted by molar-refractivity contribution is -0.166. The molecule has 2 heterocycles. The number of carbonyl (C=O) groups excluding carboxylic acids is 1. The van der Waals surface area contributed by atoms with Crippen molar-refractivity contribution in [3.05, 3.63) is 12.7 Å². The minimum absolute atomic E-state index is 0.0802. The van der Waals surface area contributed by atoms with Crippen LogP contribution in [0.3, 0.4) is 0 Å². The van der Waals surface area contributed by atoms with Crippen LogP contribution in [0.4, 0.5) is 0 Å². The Labute approximate surface area is 88.9 Å². The van der Waals surface area contributed by atoms with Crippen molar-refractivity contribution in [1.82, 2.24) is 0 Å². The molecule has 2 aliphatic rings. The first-order valence-corrected chi connectivity index (χ1v) is 5.27. The number of hydrogen-bond donors (Lipinski definition) is 1. The molecule has 2 saturated heterocycles. The zero-order valence-electron chi connectivity index (χ0n) is 8.76. The highest BCUT2D eigenvalue weighted by Gasteiger charge is 2.45. The number of ether oxygens (including phenoxy) is 2. The molecule has 0 aromatic carbocycles. The first-order valence-electron chi connectivity index (χ1n) is 5.27. The summed E-state index contributed by atoms with van der Waals surface area (Å²) in [5.41, 5.74) is 0. The van der Waals surface area contributed by atoms with Gasteiger partial charge in [0.15, 0.2) is 0 Å². The summed E-state index contributed by atoms with van der Waals surface area (Å²) in [6, 6.07) is 0. The van der Waals surface area contributed by atoms with E-state index in [0.717, 1.165) is 0 Å². The normalized spacial score (nSPS) is 41.9. The highest BCUT2D eigenvalue weighted by atomic mass is 16.6. The van der Waals surface area contributed by atoms with E-state index in [2.05, 4.69) is 6.58 Å². The lowest BCUT2D eigenvalue weighted by atomic mass is 9.91. The SMILES string of the molecule is C=C[C@@H](C)[C@@H]1O[C@@H]2CC(=O)O[C@@H]2C[C@@H]1O. The van der Waals surface area contributed by atoms with Crippen molar-refractivity contribution in [2.24, 2.45) is 5.92 Å². The van der Waals surface area contributed by atoms with Crippen LogP contribution in [0.5, 0.6) is 0 Å². The fourth-order valence-electron chi connectivity index (χ4n) is 2.20. The summed E-state index contributed by atoms with van der Waals surface area (Å²) in [4.78, 5) is 11.1. The predicted molar refractivity (Wildman–Crippen MR) is 53.1 cm³/mol. The van der Waals surface area contributed by atoms with Crippen molar-refractivity contribution >= 4 is 5.97 Å². The van der Waals surface area contributed by atoms with Gasteiger partial charge in [0.2, 0.25) is 0 Å². The number of aliphatic hydroxyl groups excluding tert-OH is 1. The average molecular weight is 212 g/mol. The smallest absolute Gasteiger partial charge is 0.308 e. The maximum atomic E-state index is 11.1. The fourth-order valence-corrected chi connectivity index (χ4v) is 2.20. The predicted octanol–water partition coefficient (Wildman–Crippen LogP) is 0.642. The van der Waals surface area contributed by atoms with Crippen molar-refractivity contribution in [2.75, 3.05) is 0 Å². The minimum atomic E-state index is -0.579. The maximum Gasteiger partial charge on any atom is 0.308 e. The summed E-state index contributed by atoms with van der Waals surface area (Å²) >= 11 is 0. The van der Waals surface area contributed by atoms with Crippen LogP contribution in [0.15, 0.2) is 12.7 Å². The molecule has 2 aliphatic heterocycles. The summed E-state index contributed by atoms with van der Waals surface area (Å²) in [6.07, 6.45) is 1.24. The molecule has 0 aromatic rings. The zero-order valence-corrected chi connectivity index (χ0v) is 8.76.